The van der Waals surface area contributed by atoms with Gasteiger partial charge in [0.05, 0.1) is 12.0 Å². The second-order valence-corrected chi connectivity index (χ2v) is 7.46. The number of amides is 1. The van der Waals surface area contributed by atoms with E-state index in [1.807, 2.05) is 16.3 Å². The number of aromatic nitrogens is 1. The van der Waals surface area contributed by atoms with E-state index in [1.165, 1.54) is 12.1 Å². The molecular weight excluding hydrogens is 377 g/mol. The maximum Gasteiger partial charge on any atom is 0.246 e. The van der Waals surface area contributed by atoms with Crippen molar-refractivity contribution in [3.63, 3.8) is 0 Å². The third kappa shape index (κ3) is 4.55. The predicted molar refractivity (Wildman–Crippen MR) is 107 cm³/mol. The molecule has 144 valence electrons. The summed E-state index contributed by atoms with van der Waals surface area (Å²) in [6.07, 6.45) is 4.84. The van der Waals surface area contributed by atoms with Crippen LogP contribution in [-0.4, -0.2) is 46.9 Å². The Hall–Kier alpha value is -2.77. The third-order valence-corrected chi connectivity index (χ3v) is 5.59. The Morgan fingerprint density at radius 3 is 2.68 bits per heavy atom. The number of rotatable bonds is 5. The van der Waals surface area contributed by atoms with E-state index in [4.69, 9.17) is 4.42 Å². The van der Waals surface area contributed by atoms with Crippen LogP contribution in [0.1, 0.15) is 11.5 Å². The average Bonchev–Trinajstić information content (AvgIpc) is 3.39. The minimum atomic E-state index is -0.244. The second-order valence-electron chi connectivity index (χ2n) is 6.60. The van der Waals surface area contributed by atoms with Crippen LogP contribution in [0.2, 0.25) is 0 Å². The molecule has 7 heteroatoms. The number of hydrogen-bond acceptors (Lipinski definition) is 5. The molecule has 4 rings (SSSR count). The molecule has 0 atom stereocenters. The van der Waals surface area contributed by atoms with Gasteiger partial charge in [0.1, 0.15) is 16.6 Å². The summed E-state index contributed by atoms with van der Waals surface area (Å²) in [6, 6.07) is 10.0. The summed E-state index contributed by atoms with van der Waals surface area (Å²) in [5, 5.41) is 2.94. The number of halogens is 1. The zero-order valence-corrected chi connectivity index (χ0v) is 16.1. The van der Waals surface area contributed by atoms with Crippen molar-refractivity contribution in [2.45, 2.75) is 6.54 Å². The van der Waals surface area contributed by atoms with Crippen LogP contribution in [0.4, 0.5) is 4.39 Å². The van der Waals surface area contributed by atoms with Crippen LogP contribution in [-0.2, 0) is 11.3 Å². The highest BCUT2D eigenvalue weighted by atomic mass is 32.1. The second kappa shape index (κ2) is 8.50. The van der Waals surface area contributed by atoms with Crippen LogP contribution in [0, 0.1) is 5.82 Å². The molecule has 3 heterocycles. The first kappa shape index (κ1) is 18.6. The number of carbonyl (C=O) groups is 1. The lowest BCUT2D eigenvalue weighted by Crippen LogP contribution is -2.47. The number of nitrogens with zero attached hydrogens (tertiary/aromatic N) is 3. The van der Waals surface area contributed by atoms with Gasteiger partial charge in [0.2, 0.25) is 5.91 Å². The van der Waals surface area contributed by atoms with Crippen molar-refractivity contribution in [3.8, 4) is 10.6 Å². The zero-order valence-electron chi connectivity index (χ0n) is 15.3. The highest BCUT2D eigenvalue weighted by molar-refractivity contribution is 7.13. The van der Waals surface area contributed by atoms with Crippen LogP contribution < -0.4 is 0 Å². The van der Waals surface area contributed by atoms with Gasteiger partial charge in [0.25, 0.3) is 0 Å². The fourth-order valence-corrected chi connectivity index (χ4v) is 3.92. The quantitative estimate of drug-likeness (QED) is 0.613. The normalized spacial score (nSPS) is 15.4. The lowest BCUT2D eigenvalue weighted by Gasteiger charge is -2.33. The van der Waals surface area contributed by atoms with Crippen LogP contribution in [0.15, 0.2) is 58.5 Å². The number of thiazole rings is 1. The van der Waals surface area contributed by atoms with Crippen LogP contribution in [0.25, 0.3) is 16.6 Å². The number of carbonyl (C=O) groups excluding carboxylic acids is 1. The number of hydrogen-bond donors (Lipinski definition) is 0. The van der Waals surface area contributed by atoms with Gasteiger partial charge >= 0.3 is 0 Å². The fourth-order valence-electron chi connectivity index (χ4n) is 3.11. The van der Waals surface area contributed by atoms with E-state index < -0.39 is 0 Å². The third-order valence-electron chi connectivity index (χ3n) is 4.65. The van der Waals surface area contributed by atoms with Gasteiger partial charge in [0.15, 0.2) is 0 Å². The van der Waals surface area contributed by atoms with Crippen molar-refractivity contribution >= 4 is 23.3 Å². The fraction of sp³-hybridized carbons (Fsp3) is 0.238. The van der Waals surface area contributed by atoms with Crippen LogP contribution in [0.5, 0.6) is 0 Å². The maximum atomic E-state index is 13.1. The summed E-state index contributed by atoms with van der Waals surface area (Å²) in [7, 11) is 0. The Bertz CT molecular complexity index is 942. The molecule has 0 saturated carbocycles. The summed E-state index contributed by atoms with van der Waals surface area (Å²) >= 11 is 1.56. The molecule has 1 aliphatic heterocycles. The first-order valence-corrected chi connectivity index (χ1v) is 9.98. The zero-order chi connectivity index (χ0) is 19.3. The van der Waals surface area contributed by atoms with Crippen molar-refractivity contribution in [3.05, 3.63) is 71.4 Å². The predicted octanol–water partition coefficient (Wildman–Crippen LogP) is 3.90. The van der Waals surface area contributed by atoms with Gasteiger partial charge < -0.3 is 9.32 Å². The van der Waals surface area contributed by atoms with Gasteiger partial charge in [-0.25, -0.2) is 9.37 Å². The summed E-state index contributed by atoms with van der Waals surface area (Å²) in [6.45, 7) is 3.75. The monoisotopic (exact) mass is 397 g/mol. The van der Waals surface area contributed by atoms with E-state index in [2.05, 4.69) is 9.88 Å². The van der Waals surface area contributed by atoms with Crippen LogP contribution >= 0.6 is 11.3 Å². The van der Waals surface area contributed by atoms with Gasteiger partial charge in [-0.2, -0.15) is 0 Å². The molecule has 0 bridgehead atoms. The molecule has 2 aromatic heterocycles. The highest BCUT2D eigenvalue weighted by Crippen LogP contribution is 2.24. The summed E-state index contributed by atoms with van der Waals surface area (Å²) in [4.78, 5) is 21.1. The standard InChI is InChI=1S/C21H20FN3O2S/c22-17-5-3-16(4-6-17)21-23-18(15-28-21)14-24-9-11-25(12-10-24)20(26)8-7-19-2-1-13-27-19/h1-8,13,15H,9-12,14H2/b8-7+. The van der Waals surface area contributed by atoms with Gasteiger partial charge in [-0.3, -0.25) is 9.69 Å². The lowest BCUT2D eigenvalue weighted by molar-refractivity contribution is -0.127. The van der Waals surface area contributed by atoms with Gasteiger partial charge in [0, 0.05) is 49.7 Å². The van der Waals surface area contributed by atoms with Crippen molar-refractivity contribution in [2.24, 2.45) is 0 Å². The molecule has 28 heavy (non-hydrogen) atoms. The molecule has 3 aromatic rings. The molecule has 5 nitrogen and oxygen atoms in total. The van der Waals surface area contributed by atoms with Crippen molar-refractivity contribution in [1.82, 2.24) is 14.8 Å². The van der Waals surface area contributed by atoms with E-state index in [0.29, 0.717) is 18.8 Å². The molecule has 1 aliphatic rings. The summed E-state index contributed by atoms with van der Waals surface area (Å²) in [5.74, 6) is 0.433. The summed E-state index contributed by atoms with van der Waals surface area (Å²) < 4.78 is 18.3. The molecule has 1 fully saturated rings. The molecule has 0 aliphatic carbocycles. The molecule has 1 aromatic carbocycles. The molecule has 0 N–H and O–H groups in total. The van der Waals surface area contributed by atoms with Gasteiger partial charge in [-0.1, -0.05) is 0 Å². The topological polar surface area (TPSA) is 49.6 Å². The van der Waals surface area contributed by atoms with E-state index in [1.54, 1.807) is 48.0 Å². The number of benzene rings is 1. The Balaban J connectivity index is 1.29. The van der Waals surface area contributed by atoms with E-state index in [9.17, 15) is 9.18 Å². The highest BCUT2D eigenvalue weighted by Gasteiger charge is 2.20. The largest absolute Gasteiger partial charge is 0.465 e. The average molecular weight is 397 g/mol. The SMILES string of the molecule is O=C(/C=C/c1ccco1)N1CCN(Cc2csc(-c3ccc(F)cc3)n2)CC1. The van der Waals surface area contributed by atoms with E-state index in [0.717, 1.165) is 35.9 Å². The Morgan fingerprint density at radius 1 is 1.18 bits per heavy atom. The van der Waals surface area contributed by atoms with E-state index in [-0.39, 0.29) is 11.7 Å². The first-order chi connectivity index (χ1) is 13.7. The molecule has 1 saturated heterocycles. The van der Waals surface area contributed by atoms with Crippen molar-refractivity contribution in [1.29, 1.82) is 0 Å². The Kier molecular flexibility index (Phi) is 5.64. The minimum absolute atomic E-state index is 0.00306. The molecule has 0 unspecified atom stereocenters. The van der Waals surface area contributed by atoms with Gasteiger partial charge in [-0.15, -0.1) is 11.3 Å². The van der Waals surface area contributed by atoms with Crippen LogP contribution in [0.3, 0.4) is 0 Å². The smallest absolute Gasteiger partial charge is 0.246 e. The lowest BCUT2D eigenvalue weighted by atomic mass is 10.2. The molecule has 1 amide bonds. The minimum Gasteiger partial charge on any atom is -0.465 e. The number of furan rings is 1. The van der Waals surface area contributed by atoms with Gasteiger partial charge in [-0.05, 0) is 42.5 Å². The Labute approximate surface area is 166 Å². The maximum absolute atomic E-state index is 13.1. The van der Waals surface area contributed by atoms with E-state index >= 15 is 0 Å². The van der Waals surface area contributed by atoms with Crippen molar-refractivity contribution < 1.29 is 13.6 Å². The number of piperazine rings is 1. The summed E-state index contributed by atoms with van der Waals surface area (Å²) in [5.41, 5.74) is 1.93. The van der Waals surface area contributed by atoms with Crippen molar-refractivity contribution in [2.75, 3.05) is 26.2 Å². The Morgan fingerprint density at radius 2 is 1.96 bits per heavy atom. The molecule has 0 spiro atoms. The first-order valence-electron chi connectivity index (χ1n) is 9.10. The molecular formula is C21H20FN3O2S. The molecule has 0 radical (unpaired) electrons.